The van der Waals surface area contributed by atoms with Crippen LogP contribution in [0.15, 0.2) is 0 Å². The molecule has 3 heteroatoms. The van der Waals surface area contributed by atoms with E-state index in [0.29, 0.717) is 24.2 Å². The van der Waals surface area contributed by atoms with E-state index in [2.05, 4.69) is 4.90 Å². The number of nitrogens with zero attached hydrogens (tertiary/aromatic N) is 1. The van der Waals surface area contributed by atoms with Gasteiger partial charge in [-0.2, -0.15) is 0 Å². The molecule has 0 amide bonds. The summed E-state index contributed by atoms with van der Waals surface area (Å²) in [5.74, 6) is 0. The normalized spacial score (nSPS) is 42.8. The Kier molecular flexibility index (Phi) is 1.35. The Morgan fingerprint density at radius 1 is 1.50 bits per heavy atom. The van der Waals surface area contributed by atoms with E-state index >= 15 is 0 Å². The standard InChI is InChI=1S/C9H15NO2/c11-6-9(1-2-9)5-10-3-8-7(10)4-12-8/h7-8,11H,1-6H2. The fraction of sp³-hybridized carbons (Fsp3) is 1.00. The second kappa shape index (κ2) is 2.22. The van der Waals surface area contributed by atoms with Crippen LogP contribution >= 0.6 is 0 Å². The summed E-state index contributed by atoms with van der Waals surface area (Å²) in [5.41, 5.74) is 0.292. The first-order valence-electron chi connectivity index (χ1n) is 4.80. The molecule has 68 valence electrons. The van der Waals surface area contributed by atoms with Crippen LogP contribution in [0.3, 0.4) is 0 Å². The van der Waals surface area contributed by atoms with Gasteiger partial charge in [-0.05, 0) is 12.8 Å². The maximum atomic E-state index is 9.14. The second-order valence-electron chi connectivity index (χ2n) is 4.53. The van der Waals surface area contributed by atoms with Crippen LogP contribution in [0.1, 0.15) is 12.8 Å². The van der Waals surface area contributed by atoms with Crippen molar-refractivity contribution in [3.05, 3.63) is 0 Å². The number of fused-ring (bicyclic) bond motifs is 1. The van der Waals surface area contributed by atoms with Gasteiger partial charge in [0.25, 0.3) is 0 Å². The van der Waals surface area contributed by atoms with E-state index in [1.807, 2.05) is 0 Å². The minimum Gasteiger partial charge on any atom is -0.396 e. The topological polar surface area (TPSA) is 32.7 Å². The average Bonchev–Trinajstić information content (AvgIpc) is 2.80. The van der Waals surface area contributed by atoms with Crippen molar-refractivity contribution in [1.82, 2.24) is 4.90 Å². The van der Waals surface area contributed by atoms with Gasteiger partial charge in [0.05, 0.1) is 18.8 Å². The van der Waals surface area contributed by atoms with Gasteiger partial charge in [0, 0.05) is 25.1 Å². The minimum absolute atomic E-state index is 0.292. The van der Waals surface area contributed by atoms with Crippen LogP contribution in [-0.4, -0.2) is 48.5 Å². The number of hydrogen-bond donors (Lipinski definition) is 1. The van der Waals surface area contributed by atoms with E-state index in [0.717, 1.165) is 19.7 Å². The zero-order valence-electron chi connectivity index (χ0n) is 7.20. The Morgan fingerprint density at radius 2 is 2.33 bits per heavy atom. The fourth-order valence-electron chi connectivity index (χ4n) is 2.22. The van der Waals surface area contributed by atoms with Crippen molar-refractivity contribution in [2.75, 3.05) is 26.3 Å². The van der Waals surface area contributed by atoms with Gasteiger partial charge in [-0.1, -0.05) is 0 Å². The number of likely N-dealkylation sites (tertiary alicyclic amines) is 1. The van der Waals surface area contributed by atoms with Gasteiger partial charge in [-0.25, -0.2) is 0 Å². The van der Waals surface area contributed by atoms with Crippen LogP contribution in [0.5, 0.6) is 0 Å². The van der Waals surface area contributed by atoms with Gasteiger partial charge in [0.15, 0.2) is 0 Å². The lowest BCUT2D eigenvalue weighted by molar-refractivity contribution is -0.218. The molecule has 3 aliphatic rings. The molecule has 0 spiro atoms. The summed E-state index contributed by atoms with van der Waals surface area (Å²) >= 11 is 0. The molecule has 12 heavy (non-hydrogen) atoms. The Morgan fingerprint density at radius 3 is 2.67 bits per heavy atom. The fourth-order valence-corrected chi connectivity index (χ4v) is 2.22. The highest BCUT2D eigenvalue weighted by atomic mass is 16.5. The first-order chi connectivity index (χ1) is 5.83. The highest BCUT2D eigenvalue weighted by Gasteiger charge is 2.52. The Labute approximate surface area is 72.3 Å². The van der Waals surface area contributed by atoms with Crippen molar-refractivity contribution < 1.29 is 9.84 Å². The molecule has 3 rings (SSSR count). The zero-order chi connectivity index (χ0) is 8.18. The number of aliphatic hydroxyl groups is 1. The molecule has 2 heterocycles. The quantitative estimate of drug-likeness (QED) is 0.637. The number of hydrogen-bond acceptors (Lipinski definition) is 3. The molecule has 3 nitrogen and oxygen atoms in total. The Balaban J connectivity index is 1.56. The monoisotopic (exact) mass is 169 g/mol. The molecule has 0 aromatic heterocycles. The van der Waals surface area contributed by atoms with E-state index in [4.69, 9.17) is 9.84 Å². The molecule has 3 fully saturated rings. The van der Waals surface area contributed by atoms with E-state index in [9.17, 15) is 0 Å². The number of rotatable bonds is 3. The lowest BCUT2D eigenvalue weighted by Crippen LogP contribution is -2.71. The van der Waals surface area contributed by atoms with Crippen LogP contribution in [0.4, 0.5) is 0 Å². The van der Waals surface area contributed by atoms with Crippen molar-refractivity contribution in [1.29, 1.82) is 0 Å². The minimum atomic E-state index is 0.292. The third kappa shape index (κ3) is 0.873. The molecule has 1 N–H and O–H groups in total. The SMILES string of the molecule is OCC1(CN2CC3OCC32)CC1. The summed E-state index contributed by atoms with van der Waals surface area (Å²) < 4.78 is 5.32. The molecule has 1 saturated carbocycles. The van der Waals surface area contributed by atoms with Gasteiger partial charge in [0.2, 0.25) is 0 Å². The molecule has 0 bridgehead atoms. The molecule has 0 aromatic carbocycles. The van der Waals surface area contributed by atoms with Crippen molar-refractivity contribution in [2.24, 2.45) is 5.41 Å². The van der Waals surface area contributed by atoms with Crippen molar-refractivity contribution >= 4 is 0 Å². The number of aliphatic hydroxyl groups excluding tert-OH is 1. The third-order valence-electron chi connectivity index (χ3n) is 3.62. The molecule has 2 atom stereocenters. The van der Waals surface area contributed by atoms with E-state index in [-0.39, 0.29) is 0 Å². The van der Waals surface area contributed by atoms with Crippen molar-refractivity contribution in [3.8, 4) is 0 Å². The molecule has 2 unspecified atom stereocenters. The van der Waals surface area contributed by atoms with Gasteiger partial charge >= 0.3 is 0 Å². The molecular formula is C9H15NO2. The van der Waals surface area contributed by atoms with Gasteiger partial charge in [0.1, 0.15) is 0 Å². The number of ether oxygens (including phenoxy) is 1. The first-order valence-corrected chi connectivity index (χ1v) is 4.80. The summed E-state index contributed by atoms with van der Waals surface area (Å²) in [6.07, 6.45) is 2.98. The van der Waals surface area contributed by atoms with Crippen molar-refractivity contribution in [3.63, 3.8) is 0 Å². The summed E-state index contributed by atoms with van der Waals surface area (Å²) in [7, 11) is 0. The summed E-state index contributed by atoms with van der Waals surface area (Å²) in [4.78, 5) is 2.47. The predicted molar refractivity (Wildman–Crippen MR) is 43.9 cm³/mol. The van der Waals surface area contributed by atoms with E-state index < -0.39 is 0 Å². The van der Waals surface area contributed by atoms with E-state index in [1.54, 1.807) is 0 Å². The van der Waals surface area contributed by atoms with E-state index in [1.165, 1.54) is 12.8 Å². The Hall–Kier alpha value is -0.120. The van der Waals surface area contributed by atoms with Gasteiger partial charge in [-0.3, -0.25) is 4.90 Å². The van der Waals surface area contributed by atoms with Crippen LogP contribution in [0.25, 0.3) is 0 Å². The summed E-state index contributed by atoms with van der Waals surface area (Å²) in [6.45, 7) is 3.51. The smallest absolute Gasteiger partial charge is 0.0880 e. The second-order valence-corrected chi connectivity index (χ2v) is 4.53. The van der Waals surface area contributed by atoms with Gasteiger partial charge in [-0.15, -0.1) is 0 Å². The highest BCUT2D eigenvalue weighted by molar-refractivity contribution is 5.04. The van der Waals surface area contributed by atoms with Gasteiger partial charge < -0.3 is 9.84 Å². The van der Waals surface area contributed by atoms with Crippen LogP contribution < -0.4 is 0 Å². The molecular weight excluding hydrogens is 154 g/mol. The number of morpholine rings is 1. The lowest BCUT2D eigenvalue weighted by Gasteiger charge is -2.55. The van der Waals surface area contributed by atoms with Crippen LogP contribution in [0.2, 0.25) is 0 Å². The largest absolute Gasteiger partial charge is 0.396 e. The predicted octanol–water partition coefficient (Wildman–Crippen LogP) is -0.158. The first kappa shape index (κ1) is 7.30. The maximum absolute atomic E-state index is 9.14. The molecule has 2 aliphatic heterocycles. The van der Waals surface area contributed by atoms with Crippen LogP contribution in [0, 0.1) is 5.41 Å². The summed E-state index contributed by atoms with van der Waals surface area (Å²) in [6, 6.07) is 0.703. The molecule has 0 radical (unpaired) electrons. The van der Waals surface area contributed by atoms with Crippen LogP contribution in [-0.2, 0) is 4.74 Å². The maximum Gasteiger partial charge on any atom is 0.0880 e. The summed E-state index contributed by atoms with van der Waals surface area (Å²) in [5, 5.41) is 9.14. The highest BCUT2D eigenvalue weighted by Crippen LogP contribution is 2.47. The lowest BCUT2D eigenvalue weighted by atomic mass is 9.92. The average molecular weight is 169 g/mol. The third-order valence-corrected chi connectivity index (χ3v) is 3.62. The Bertz CT molecular complexity index is 203. The molecule has 2 saturated heterocycles. The molecule has 0 aromatic rings. The van der Waals surface area contributed by atoms with Crippen molar-refractivity contribution in [2.45, 2.75) is 25.0 Å². The molecule has 1 aliphatic carbocycles. The zero-order valence-corrected chi connectivity index (χ0v) is 7.20.